The average molecular weight is 286 g/mol. The van der Waals surface area contributed by atoms with Crippen LogP contribution in [0, 0.1) is 0 Å². The van der Waals surface area contributed by atoms with E-state index >= 15 is 0 Å². The summed E-state index contributed by atoms with van der Waals surface area (Å²) in [6.45, 7) is 2.55. The first-order chi connectivity index (χ1) is 8.99. The topological polar surface area (TPSA) is 24.9 Å². The summed E-state index contributed by atoms with van der Waals surface area (Å²) in [7, 11) is 0. The zero-order valence-corrected chi connectivity index (χ0v) is 11.1. The third-order valence-electron chi connectivity index (χ3n) is 2.59. The van der Waals surface area contributed by atoms with Crippen LogP contribution in [0.1, 0.15) is 23.2 Å². The highest BCUT2D eigenvalue weighted by Gasteiger charge is 2.29. The number of benzene rings is 1. The van der Waals surface area contributed by atoms with Crippen molar-refractivity contribution in [1.82, 2.24) is 4.98 Å². The fourth-order valence-corrected chi connectivity index (χ4v) is 2.31. The highest BCUT2D eigenvalue weighted by molar-refractivity contribution is 7.09. The Morgan fingerprint density at radius 2 is 1.89 bits per heavy atom. The second-order valence-corrected chi connectivity index (χ2v) is 4.96. The van der Waals surface area contributed by atoms with E-state index in [0.717, 1.165) is 29.3 Å². The predicted octanol–water partition coefficient (Wildman–Crippen LogP) is 4.34. The van der Waals surface area contributed by atoms with Crippen molar-refractivity contribution in [3.63, 3.8) is 0 Å². The van der Waals surface area contributed by atoms with Crippen LogP contribution in [0.15, 0.2) is 29.6 Å². The molecule has 0 amide bonds. The molecule has 1 N–H and O–H groups in total. The lowest BCUT2D eigenvalue weighted by atomic mass is 10.2. The number of aromatic nitrogens is 1. The van der Waals surface area contributed by atoms with Crippen LogP contribution in [0.25, 0.3) is 0 Å². The van der Waals surface area contributed by atoms with Crippen molar-refractivity contribution < 1.29 is 13.2 Å². The van der Waals surface area contributed by atoms with Crippen LogP contribution in [0.3, 0.4) is 0 Å². The van der Waals surface area contributed by atoms with Crippen molar-refractivity contribution in [2.45, 2.75) is 26.1 Å². The maximum Gasteiger partial charge on any atom is 0.416 e. The monoisotopic (exact) mass is 286 g/mol. The first-order valence-corrected chi connectivity index (χ1v) is 6.71. The Hall–Kier alpha value is -1.56. The number of nitrogens with one attached hydrogen (secondary N) is 1. The van der Waals surface area contributed by atoms with E-state index in [0.29, 0.717) is 12.2 Å². The minimum atomic E-state index is -4.29. The normalized spacial score (nSPS) is 11.6. The summed E-state index contributed by atoms with van der Waals surface area (Å²) in [6.07, 6.45) is -3.39. The van der Waals surface area contributed by atoms with Gasteiger partial charge in [-0.1, -0.05) is 6.92 Å². The molecule has 1 aromatic carbocycles. The van der Waals surface area contributed by atoms with Crippen LogP contribution in [0.5, 0.6) is 0 Å². The maximum atomic E-state index is 12.4. The number of alkyl halides is 3. The Morgan fingerprint density at radius 1 is 1.21 bits per heavy atom. The van der Waals surface area contributed by atoms with E-state index in [-0.39, 0.29) is 0 Å². The number of aryl methyl sites for hydroxylation is 1. The highest BCUT2D eigenvalue weighted by Crippen LogP contribution is 2.29. The molecule has 2 aromatic rings. The van der Waals surface area contributed by atoms with Crippen LogP contribution in [-0.2, 0) is 19.1 Å². The molecule has 0 saturated heterocycles. The molecule has 0 saturated carbocycles. The summed E-state index contributed by atoms with van der Waals surface area (Å²) in [4.78, 5) is 4.38. The van der Waals surface area contributed by atoms with Gasteiger partial charge in [-0.2, -0.15) is 13.2 Å². The van der Waals surface area contributed by atoms with E-state index in [1.165, 1.54) is 12.1 Å². The fourth-order valence-electron chi connectivity index (χ4n) is 1.56. The molecule has 0 unspecified atom stereocenters. The Bertz CT molecular complexity index is 532. The molecule has 0 bridgehead atoms. The summed E-state index contributed by atoms with van der Waals surface area (Å²) in [5.41, 5.74) is 0.917. The number of thiazole rings is 1. The molecule has 2 rings (SSSR count). The van der Waals surface area contributed by atoms with E-state index < -0.39 is 11.7 Å². The fraction of sp³-hybridized carbons (Fsp3) is 0.308. The molecule has 1 heterocycles. The van der Waals surface area contributed by atoms with Crippen molar-refractivity contribution in [3.8, 4) is 0 Å². The first-order valence-electron chi connectivity index (χ1n) is 5.83. The van der Waals surface area contributed by atoms with Crippen LogP contribution in [0.4, 0.5) is 18.9 Å². The van der Waals surface area contributed by atoms with Gasteiger partial charge in [-0.25, -0.2) is 4.98 Å². The molecule has 2 nitrogen and oxygen atoms in total. The quantitative estimate of drug-likeness (QED) is 0.904. The predicted molar refractivity (Wildman–Crippen MR) is 70.3 cm³/mol. The van der Waals surface area contributed by atoms with Crippen molar-refractivity contribution in [3.05, 3.63) is 45.9 Å². The lowest BCUT2D eigenvalue weighted by Gasteiger charge is -2.08. The number of anilines is 1. The molecule has 1 aromatic heterocycles. The Morgan fingerprint density at radius 3 is 2.42 bits per heavy atom. The van der Waals surface area contributed by atoms with Gasteiger partial charge in [-0.05, 0) is 30.7 Å². The second kappa shape index (κ2) is 5.61. The number of halogens is 3. The summed E-state index contributed by atoms with van der Waals surface area (Å²) in [5, 5.41) is 6.07. The van der Waals surface area contributed by atoms with Gasteiger partial charge in [0.05, 0.1) is 22.8 Å². The molecule has 6 heteroatoms. The van der Waals surface area contributed by atoms with Crippen LogP contribution in [0.2, 0.25) is 0 Å². The average Bonchev–Trinajstić information content (AvgIpc) is 2.84. The SMILES string of the molecule is CCc1nc(CNc2ccc(C(F)(F)F)cc2)cs1. The largest absolute Gasteiger partial charge is 0.416 e. The van der Waals surface area contributed by atoms with Gasteiger partial charge in [0.2, 0.25) is 0 Å². The van der Waals surface area contributed by atoms with E-state index in [9.17, 15) is 13.2 Å². The molecule has 0 atom stereocenters. The van der Waals surface area contributed by atoms with Gasteiger partial charge in [0.1, 0.15) is 0 Å². The van der Waals surface area contributed by atoms with Gasteiger partial charge in [0.25, 0.3) is 0 Å². The lowest BCUT2D eigenvalue weighted by molar-refractivity contribution is -0.137. The molecule has 19 heavy (non-hydrogen) atoms. The molecule has 0 aliphatic rings. The van der Waals surface area contributed by atoms with E-state index in [1.807, 2.05) is 12.3 Å². The molecule has 0 spiro atoms. The maximum absolute atomic E-state index is 12.4. The molecule has 0 radical (unpaired) electrons. The Kier molecular flexibility index (Phi) is 4.09. The Balaban J connectivity index is 1.96. The van der Waals surface area contributed by atoms with Gasteiger partial charge in [-0.15, -0.1) is 11.3 Å². The van der Waals surface area contributed by atoms with Gasteiger partial charge in [0, 0.05) is 11.1 Å². The second-order valence-electron chi connectivity index (χ2n) is 4.01. The third kappa shape index (κ3) is 3.70. The molecular weight excluding hydrogens is 273 g/mol. The van der Waals surface area contributed by atoms with Crippen LogP contribution < -0.4 is 5.32 Å². The molecule has 0 aliphatic carbocycles. The third-order valence-corrected chi connectivity index (χ3v) is 3.63. The minimum Gasteiger partial charge on any atom is -0.379 e. The highest BCUT2D eigenvalue weighted by atomic mass is 32.1. The van der Waals surface area contributed by atoms with Crippen LogP contribution >= 0.6 is 11.3 Å². The smallest absolute Gasteiger partial charge is 0.379 e. The van der Waals surface area contributed by atoms with Crippen molar-refractivity contribution in [2.75, 3.05) is 5.32 Å². The molecule has 0 fully saturated rings. The van der Waals surface area contributed by atoms with Crippen molar-refractivity contribution >= 4 is 17.0 Å². The van der Waals surface area contributed by atoms with Crippen molar-refractivity contribution in [2.24, 2.45) is 0 Å². The summed E-state index contributed by atoms with van der Waals surface area (Å²) < 4.78 is 37.1. The minimum absolute atomic E-state index is 0.516. The van der Waals surface area contributed by atoms with Crippen LogP contribution in [-0.4, -0.2) is 4.98 Å². The zero-order valence-electron chi connectivity index (χ0n) is 10.3. The lowest BCUT2D eigenvalue weighted by Crippen LogP contribution is -2.05. The Labute approximate surface area is 113 Å². The number of rotatable bonds is 4. The number of hydrogen-bond acceptors (Lipinski definition) is 3. The summed E-state index contributed by atoms with van der Waals surface area (Å²) in [5.74, 6) is 0. The number of hydrogen-bond donors (Lipinski definition) is 1. The standard InChI is InChI=1S/C13H13F3N2S/c1-2-12-18-11(8-19-12)7-17-10-5-3-9(4-6-10)13(14,15)16/h3-6,8,17H,2,7H2,1H3. The van der Waals surface area contributed by atoms with E-state index in [2.05, 4.69) is 10.3 Å². The number of nitrogens with zero attached hydrogens (tertiary/aromatic N) is 1. The van der Waals surface area contributed by atoms with Gasteiger partial charge in [-0.3, -0.25) is 0 Å². The van der Waals surface area contributed by atoms with Gasteiger partial charge >= 0.3 is 6.18 Å². The van der Waals surface area contributed by atoms with Crippen molar-refractivity contribution in [1.29, 1.82) is 0 Å². The molecule has 102 valence electrons. The zero-order chi connectivity index (χ0) is 13.9. The summed E-state index contributed by atoms with van der Waals surface area (Å²) >= 11 is 1.59. The molecule has 0 aliphatic heterocycles. The van der Waals surface area contributed by atoms with E-state index in [4.69, 9.17) is 0 Å². The summed E-state index contributed by atoms with van der Waals surface area (Å²) in [6, 6.07) is 4.99. The first kappa shape index (κ1) is 13.9. The molecular formula is C13H13F3N2S. The van der Waals surface area contributed by atoms with Gasteiger partial charge < -0.3 is 5.32 Å². The van der Waals surface area contributed by atoms with Gasteiger partial charge in [0.15, 0.2) is 0 Å². The van der Waals surface area contributed by atoms with E-state index in [1.54, 1.807) is 11.3 Å².